The molecule has 0 amide bonds. The SMILES string of the molecule is COC(=O)CCCCCCOCc1ccc(OC)cc1. The Labute approximate surface area is 121 Å². The van der Waals surface area contributed by atoms with Gasteiger partial charge in [0.05, 0.1) is 20.8 Å². The molecule has 0 radical (unpaired) electrons. The Morgan fingerprint density at radius 1 is 1.00 bits per heavy atom. The number of ether oxygens (including phenoxy) is 3. The Hall–Kier alpha value is -1.55. The molecule has 1 aromatic carbocycles. The van der Waals surface area contributed by atoms with E-state index in [2.05, 4.69) is 4.74 Å². The third-order valence-electron chi connectivity index (χ3n) is 3.08. The van der Waals surface area contributed by atoms with Gasteiger partial charge in [-0.25, -0.2) is 0 Å². The second-order valence-electron chi connectivity index (χ2n) is 4.64. The maximum absolute atomic E-state index is 10.9. The first-order valence-corrected chi connectivity index (χ1v) is 7.03. The molecule has 0 aliphatic rings. The molecule has 0 heterocycles. The van der Waals surface area contributed by atoms with Gasteiger partial charge in [-0.1, -0.05) is 25.0 Å². The summed E-state index contributed by atoms with van der Waals surface area (Å²) in [6.07, 6.45) is 4.56. The summed E-state index contributed by atoms with van der Waals surface area (Å²) in [5.41, 5.74) is 1.15. The maximum Gasteiger partial charge on any atom is 0.305 e. The van der Waals surface area contributed by atoms with Gasteiger partial charge in [-0.2, -0.15) is 0 Å². The zero-order chi connectivity index (χ0) is 14.6. The Balaban J connectivity index is 1.97. The van der Waals surface area contributed by atoms with Crippen molar-refractivity contribution in [3.8, 4) is 5.75 Å². The lowest BCUT2D eigenvalue weighted by molar-refractivity contribution is -0.140. The number of unbranched alkanes of at least 4 members (excludes halogenated alkanes) is 3. The van der Waals surface area contributed by atoms with E-state index in [9.17, 15) is 4.79 Å². The van der Waals surface area contributed by atoms with Gasteiger partial charge in [0.25, 0.3) is 0 Å². The maximum atomic E-state index is 10.9. The summed E-state index contributed by atoms with van der Waals surface area (Å²) in [7, 11) is 3.08. The highest BCUT2D eigenvalue weighted by molar-refractivity contribution is 5.68. The van der Waals surface area contributed by atoms with Crippen molar-refractivity contribution < 1.29 is 19.0 Å². The van der Waals surface area contributed by atoms with E-state index in [1.165, 1.54) is 7.11 Å². The van der Waals surface area contributed by atoms with Gasteiger partial charge in [0.15, 0.2) is 0 Å². The van der Waals surface area contributed by atoms with Gasteiger partial charge in [-0.3, -0.25) is 4.79 Å². The number of carbonyl (C=O) groups excluding carboxylic acids is 1. The molecule has 0 aliphatic carbocycles. The Morgan fingerprint density at radius 2 is 1.70 bits per heavy atom. The van der Waals surface area contributed by atoms with Gasteiger partial charge in [0.1, 0.15) is 5.75 Å². The van der Waals surface area contributed by atoms with Crippen LogP contribution >= 0.6 is 0 Å². The van der Waals surface area contributed by atoms with Crippen molar-refractivity contribution >= 4 is 5.97 Å². The fourth-order valence-corrected chi connectivity index (χ4v) is 1.84. The van der Waals surface area contributed by atoms with Crippen molar-refractivity contribution in [3.63, 3.8) is 0 Å². The van der Waals surface area contributed by atoms with E-state index in [0.29, 0.717) is 13.0 Å². The summed E-state index contributed by atoms with van der Waals surface area (Å²) >= 11 is 0. The molecule has 1 rings (SSSR count). The van der Waals surface area contributed by atoms with E-state index < -0.39 is 0 Å². The molecule has 0 bridgehead atoms. The summed E-state index contributed by atoms with van der Waals surface area (Å²) in [5.74, 6) is 0.736. The number of hydrogen-bond acceptors (Lipinski definition) is 4. The summed E-state index contributed by atoms with van der Waals surface area (Å²) in [6.45, 7) is 1.39. The number of carbonyl (C=O) groups is 1. The summed E-state index contributed by atoms with van der Waals surface area (Å²) in [5, 5.41) is 0. The molecule has 0 aliphatic heterocycles. The number of esters is 1. The molecule has 4 nitrogen and oxygen atoms in total. The molecule has 1 aromatic rings. The van der Waals surface area contributed by atoms with Gasteiger partial charge in [0, 0.05) is 13.0 Å². The molecular weight excluding hydrogens is 256 g/mol. The van der Waals surface area contributed by atoms with E-state index in [4.69, 9.17) is 9.47 Å². The first kappa shape index (κ1) is 16.5. The van der Waals surface area contributed by atoms with Crippen LogP contribution in [0.3, 0.4) is 0 Å². The lowest BCUT2D eigenvalue weighted by Crippen LogP contribution is -1.99. The van der Waals surface area contributed by atoms with Crippen LogP contribution in [0, 0.1) is 0 Å². The monoisotopic (exact) mass is 280 g/mol. The number of benzene rings is 1. The molecule has 0 spiro atoms. The number of rotatable bonds is 10. The normalized spacial score (nSPS) is 10.3. The predicted octanol–water partition coefficient (Wildman–Crippen LogP) is 3.34. The smallest absolute Gasteiger partial charge is 0.305 e. The highest BCUT2D eigenvalue weighted by Gasteiger charge is 1.99. The van der Waals surface area contributed by atoms with Gasteiger partial charge < -0.3 is 14.2 Å². The lowest BCUT2D eigenvalue weighted by Gasteiger charge is -2.05. The third-order valence-corrected chi connectivity index (χ3v) is 3.08. The minimum absolute atomic E-state index is 0.124. The van der Waals surface area contributed by atoms with E-state index in [0.717, 1.165) is 43.6 Å². The third kappa shape index (κ3) is 7.14. The van der Waals surface area contributed by atoms with Crippen LogP contribution in [0.2, 0.25) is 0 Å². The van der Waals surface area contributed by atoms with Crippen molar-refractivity contribution in [2.75, 3.05) is 20.8 Å². The summed E-state index contributed by atoms with van der Waals surface area (Å²) < 4.78 is 15.3. The number of hydrogen-bond donors (Lipinski definition) is 0. The topological polar surface area (TPSA) is 44.8 Å². The van der Waals surface area contributed by atoms with Crippen LogP contribution in [0.4, 0.5) is 0 Å². The minimum atomic E-state index is -0.124. The second kappa shape index (κ2) is 10.3. The van der Waals surface area contributed by atoms with Crippen molar-refractivity contribution in [1.82, 2.24) is 0 Å². The lowest BCUT2D eigenvalue weighted by atomic mass is 10.1. The second-order valence-corrected chi connectivity index (χ2v) is 4.64. The average Bonchev–Trinajstić information content (AvgIpc) is 2.50. The zero-order valence-corrected chi connectivity index (χ0v) is 12.4. The first-order chi connectivity index (χ1) is 9.76. The van der Waals surface area contributed by atoms with Gasteiger partial charge in [-0.15, -0.1) is 0 Å². The highest BCUT2D eigenvalue weighted by atomic mass is 16.5. The molecule has 0 unspecified atom stereocenters. The summed E-state index contributed by atoms with van der Waals surface area (Å²) in [6, 6.07) is 7.89. The highest BCUT2D eigenvalue weighted by Crippen LogP contribution is 2.12. The zero-order valence-electron chi connectivity index (χ0n) is 12.4. The molecule has 0 aromatic heterocycles. The standard InChI is InChI=1S/C16H24O4/c1-18-15-10-8-14(9-11-15)13-20-12-6-4-3-5-7-16(17)19-2/h8-11H,3-7,12-13H2,1-2H3. The van der Waals surface area contributed by atoms with Gasteiger partial charge in [-0.05, 0) is 30.5 Å². The molecule has 0 atom stereocenters. The molecule has 20 heavy (non-hydrogen) atoms. The van der Waals surface area contributed by atoms with Crippen LogP contribution in [-0.2, 0) is 20.9 Å². The van der Waals surface area contributed by atoms with Crippen molar-refractivity contribution in [2.45, 2.75) is 38.7 Å². The van der Waals surface area contributed by atoms with Gasteiger partial charge >= 0.3 is 5.97 Å². The first-order valence-electron chi connectivity index (χ1n) is 7.03. The fourth-order valence-electron chi connectivity index (χ4n) is 1.84. The van der Waals surface area contributed by atoms with Crippen LogP contribution in [-0.4, -0.2) is 26.8 Å². The van der Waals surface area contributed by atoms with Crippen molar-refractivity contribution in [1.29, 1.82) is 0 Å². The van der Waals surface area contributed by atoms with Crippen molar-refractivity contribution in [2.24, 2.45) is 0 Å². The van der Waals surface area contributed by atoms with Crippen LogP contribution in [0.5, 0.6) is 5.75 Å². The Kier molecular flexibility index (Phi) is 8.47. The van der Waals surface area contributed by atoms with Gasteiger partial charge in [0.2, 0.25) is 0 Å². The molecule has 0 fully saturated rings. The van der Waals surface area contributed by atoms with Crippen LogP contribution in [0.1, 0.15) is 37.7 Å². The molecule has 4 heteroatoms. The summed E-state index contributed by atoms with van der Waals surface area (Å²) in [4.78, 5) is 10.9. The van der Waals surface area contributed by atoms with E-state index in [-0.39, 0.29) is 5.97 Å². The predicted molar refractivity (Wildman–Crippen MR) is 77.8 cm³/mol. The number of methoxy groups -OCH3 is 2. The average molecular weight is 280 g/mol. The van der Waals surface area contributed by atoms with E-state index in [1.54, 1.807) is 7.11 Å². The van der Waals surface area contributed by atoms with Crippen molar-refractivity contribution in [3.05, 3.63) is 29.8 Å². The molecular formula is C16H24O4. The molecule has 0 N–H and O–H groups in total. The van der Waals surface area contributed by atoms with E-state index in [1.807, 2.05) is 24.3 Å². The Bertz CT molecular complexity index is 373. The van der Waals surface area contributed by atoms with Crippen LogP contribution in [0.15, 0.2) is 24.3 Å². The van der Waals surface area contributed by atoms with E-state index >= 15 is 0 Å². The minimum Gasteiger partial charge on any atom is -0.497 e. The largest absolute Gasteiger partial charge is 0.497 e. The van der Waals surface area contributed by atoms with Crippen LogP contribution in [0.25, 0.3) is 0 Å². The molecule has 0 saturated heterocycles. The quantitative estimate of drug-likeness (QED) is 0.487. The fraction of sp³-hybridized carbons (Fsp3) is 0.562. The molecule has 112 valence electrons. The molecule has 0 saturated carbocycles. The Morgan fingerprint density at radius 3 is 2.35 bits per heavy atom. The van der Waals surface area contributed by atoms with Crippen LogP contribution < -0.4 is 4.74 Å².